The minimum absolute atomic E-state index is 0.0280. The Morgan fingerprint density at radius 1 is 1.19 bits per heavy atom. The standard InChI is InChI=1S/C16H23NO4/c1-10(13-6-14(18)8-15(19)7-13)17-9-11-2-4-12(5-3-11)16(20)21/h6-8,10-12,17-19H,2-5,9H2,1H3,(H,20,21). The van der Waals surface area contributed by atoms with Crippen molar-refractivity contribution in [1.29, 1.82) is 0 Å². The van der Waals surface area contributed by atoms with Gasteiger partial charge in [0, 0.05) is 12.1 Å². The molecule has 1 atom stereocenters. The molecule has 1 aromatic carbocycles. The topological polar surface area (TPSA) is 89.8 Å². The van der Waals surface area contributed by atoms with Gasteiger partial charge in [0.05, 0.1) is 5.92 Å². The van der Waals surface area contributed by atoms with Crippen molar-refractivity contribution in [2.45, 2.75) is 38.6 Å². The molecular formula is C16H23NO4. The maximum Gasteiger partial charge on any atom is 0.306 e. The van der Waals surface area contributed by atoms with Gasteiger partial charge in [-0.05, 0) is 62.8 Å². The zero-order valence-corrected chi connectivity index (χ0v) is 12.2. The van der Waals surface area contributed by atoms with Crippen LogP contribution in [0.3, 0.4) is 0 Å². The minimum atomic E-state index is -0.676. The molecule has 5 heteroatoms. The summed E-state index contributed by atoms with van der Waals surface area (Å²) in [5.74, 6) is -0.248. The SMILES string of the molecule is CC(NCC1CCC(C(=O)O)CC1)c1cc(O)cc(O)c1. The second-order valence-electron chi connectivity index (χ2n) is 5.97. The van der Waals surface area contributed by atoms with Gasteiger partial charge in [0.2, 0.25) is 0 Å². The number of aliphatic carboxylic acids is 1. The molecular weight excluding hydrogens is 270 g/mol. The molecule has 1 fully saturated rings. The number of hydrogen-bond donors (Lipinski definition) is 4. The van der Waals surface area contributed by atoms with E-state index in [-0.39, 0.29) is 23.5 Å². The molecule has 21 heavy (non-hydrogen) atoms. The highest BCUT2D eigenvalue weighted by Crippen LogP contribution is 2.29. The van der Waals surface area contributed by atoms with Gasteiger partial charge in [-0.15, -0.1) is 0 Å². The largest absolute Gasteiger partial charge is 0.508 e. The van der Waals surface area contributed by atoms with Gasteiger partial charge in [-0.25, -0.2) is 0 Å². The Labute approximate surface area is 124 Å². The number of rotatable bonds is 5. The highest BCUT2D eigenvalue weighted by molar-refractivity contribution is 5.69. The number of nitrogens with one attached hydrogen (secondary N) is 1. The lowest BCUT2D eigenvalue weighted by atomic mass is 9.82. The molecule has 0 radical (unpaired) electrons. The molecule has 1 aliphatic carbocycles. The number of carbonyl (C=O) groups is 1. The maximum absolute atomic E-state index is 10.9. The summed E-state index contributed by atoms with van der Waals surface area (Å²) in [6, 6.07) is 4.61. The molecule has 2 rings (SSSR count). The first-order valence-electron chi connectivity index (χ1n) is 7.45. The third kappa shape index (κ3) is 4.36. The van der Waals surface area contributed by atoms with Crippen LogP contribution in [0.25, 0.3) is 0 Å². The highest BCUT2D eigenvalue weighted by Gasteiger charge is 2.25. The first-order chi connectivity index (χ1) is 9.95. The average molecular weight is 293 g/mol. The van der Waals surface area contributed by atoms with Gasteiger partial charge in [0.15, 0.2) is 0 Å². The summed E-state index contributed by atoms with van der Waals surface area (Å²) < 4.78 is 0. The monoisotopic (exact) mass is 293 g/mol. The van der Waals surface area contributed by atoms with Gasteiger partial charge in [-0.3, -0.25) is 4.79 Å². The Hall–Kier alpha value is -1.75. The summed E-state index contributed by atoms with van der Waals surface area (Å²) in [7, 11) is 0. The lowest BCUT2D eigenvalue weighted by Gasteiger charge is -2.27. The third-order valence-electron chi connectivity index (χ3n) is 4.33. The van der Waals surface area contributed by atoms with E-state index in [4.69, 9.17) is 5.11 Å². The van der Waals surface area contributed by atoms with Crippen LogP contribution >= 0.6 is 0 Å². The fourth-order valence-corrected chi connectivity index (χ4v) is 2.94. The fourth-order valence-electron chi connectivity index (χ4n) is 2.94. The molecule has 5 nitrogen and oxygen atoms in total. The molecule has 0 saturated heterocycles. The van der Waals surface area contributed by atoms with Gasteiger partial charge in [-0.1, -0.05) is 0 Å². The van der Waals surface area contributed by atoms with Crippen molar-refractivity contribution in [3.8, 4) is 11.5 Å². The predicted molar refractivity (Wildman–Crippen MR) is 79.3 cm³/mol. The van der Waals surface area contributed by atoms with Crippen LogP contribution in [0.15, 0.2) is 18.2 Å². The first-order valence-corrected chi connectivity index (χ1v) is 7.45. The molecule has 1 unspecified atom stereocenters. The van der Waals surface area contributed by atoms with E-state index in [2.05, 4.69) is 5.32 Å². The van der Waals surface area contributed by atoms with E-state index >= 15 is 0 Å². The normalized spacial score (nSPS) is 23.7. The zero-order chi connectivity index (χ0) is 15.4. The first kappa shape index (κ1) is 15.6. The molecule has 0 aliphatic heterocycles. The zero-order valence-electron chi connectivity index (χ0n) is 12.2. The summed E-state index contributed by atoms with van der Waals surface area (Å²) in [5, 5.41) is 31.4. The minimum Gasteiger partial charge on any atom is -0.508 e. The lowest BCUT2D eigenvalue weighted by molar-refractivity contribution is -0.143. The number of benzene rings is 1. The van der Waals surface area contributed by atoms with E-state index in [0.29, 0.717) is 5.92 Å². The van der Waals surface area contributed by atoms with Crippen LogP contribution in [-0.2, 0) is 4.79 Å². The van der Waals surface area contributed by atoms with Gasteiger partial charge in [0.1, 0.15) is 11.5 Å². The van der Waals surface area contributed by atoms with Crippen LogP contribution in [0.1, 0.15) is 44.2 Å². The number of phenolic OH excluding ortho intramolecular Hbond substituents is 2. The quantitative estimate of drug-likeness (QED) is 0.670. The molecule has 0 amide bonds. The smallest absolute Gasteiger partial charge is 0.306 e. The fraction of sp³-hybridized carbons (Fsp3) is 0.562. The van der Waals surface area contributed by atoms with Crippen molar-refractivity contribution in [3.63, 3.8) is 0 Å². The van der Waals surface area contributed by atoms with E-state index in [9.17, 15) is 15.0 Å². The molecule has 1 saturated carbocycles. The Kier molecular flexibility index (Phi) is 5.07. The molecule has 4 N–H and O–H groups in total. The van der Waals surface area contributed by atoms with Crippen molar-refractivity contribution in [1.82, 2.24) is 5.32 Å². The van der Waals surface area contributed by atoms with Gasteiger partial charge in [-0.2, -0.15) is 0 Å². The number of carboxylic acids is 1. The average Bonchev–Trinajstić information content (AvgIpc) is 2.44. The molecule has 0 aromatic heterocycles. The third-order valence-corrected chi connectivity index (χ3v) is 4.33. The van der Waals surface area contributed by atoms with Crippen molar-refractivity contribution in [3.05, 3.63) is 23.8 Å². The van der Waals surface area contributed by atoms with Crippen LogP contribution < -0.4 is 5.32 Å². The number of carboxylic acid groups (broad SMARTS) is 1. The van der Waals surface area contributed by atoms with E-state index in [1.165, 1.54) is 6.07 Å². The number of phenols is 2. The van der Waals surface area contributed by atoms with Crippen molar-refractivity contribution in [2.24, 2.45) is 11.8 Å². The number of aromatic hydroxyl groups is 2. The summed E-state index contributed by atoms with van der Waals surface area (Å²) in [6.45, 7) is 2.81. The van der Waals surface area contributed by atoms with Crippen molar-refractivity contribution < 1.29 is 20.1 Å². The van der Waals surface area contributed by atoms with Crippen LogP contribution in [0.2, 0.25) is 0 Å². The Balaban J connectivity index is 1.82. The summed E-state index contributed by atoms with van der Waals surface area (Å²) in [6.07, 6.45) is 3.37. The van der Waals surface area contributed by atoms with Crippen LogP contribution in [0.5, 0.6) is 11.5 Å². The molecule has 116 valence electrons. The van der Waals surface area contributed by atoms with Gasteiger partial charge >= 0.3 is 5.97 Å². The van der Waals surface area contributed by atoms with E-state index in [1.54, 1.807) is 12.1 Å². The van der Waals surface area contributed by atoms with E-state index in [0.717, 1.165) is 37.8 Å². The Morgan fingerprint density at radius 2 is 1.76 bits per heavy atom. The molecule has 0 spiro atoms. The summed E-state index contributed by atoms with van der Waals surface area (Å²) >= 11 is 0. The highest BCUT2D eigenvalue weighted by atomic mass is 16.4. The van der Waals surface area contributed by atoms with E-state index in [1.807, 2.05) is 6.92 Å². The Morgan fingerprint density at radius 3 is 2.29 bits per heavy atom. The molecule has 1 aliphatic rings. The second kappa shape index (κ2) is 6.80. The van der Waals surface area contributed by atoms with Crippen LogP contribution in [0.4, 0.5) is 0 Å². The summed E-state index contributed by atoms with van der Waals surface area (Å²) in [5.41, 5.74) is 0.840. The van der Waals surface area contributed by atoms with Gasteiger partial charge < -0.3 is 20.6 Å². The van der Waals surface area contributed by atoms with Crippen LogP contribution in [-0.4, -0.2) is 27.8 Å². The summed E-state index contributed by atoms with van der Waals surface area (Å²) in [4.78, 5) is 10.9. The molecule has 0 bridgehead atoms. The van der Waals surface area contributed by atoms with Gasteiger partial charge in [0.25, 0.3) is 0 Å². The van der Waals surface area contributed by atoms with E-state index < -0.39 is 5.97 Å². The molecule has 0 heterocycles. The van der Waals surface area contributed by atoms with Crippen molar-refractivity contribution >= 4 is 5.97 Å². The molecule has 1 aromatic rings. The van der Waals surface area contributed by atoms with Crippen molar-refractivity contribution in [2.75, 3.05) is 6.54 Å². The second-order valence-corrected chi connectivity index (χ2v) is 5.97. The number of hydrogen-bond acceptors (Lipinski definition) is 4. The predicted octanol–water partition coefficient (Wildman–Crippen LogP) is 2.64. The van der Waals surface area contributed by atoms with Crippen LogP contribution in [0, 0.1) is 11.8 Å². The Bertz CT molecular complexity index is 475. The lowest BCUT2D eigenvalue weighted by Crippen LogP contribution is -2.30. The maximum atomic E-state index is 10.9.